The van der Waals surface area contributed by atoms with Crippen LogP contribution in [0.1, 0.15) is 6.93 Å². The van der Waals surface area contributed by atoms with Gasteiger partial charge in [-0.05, 0) is 42.8 Å². The Bertz CT molecular complexity index is 649. The third-order valence-electron chi connectivity index (χ3n) is 2.22. The number of halogens is 4. The smallest absolute Gasteiger partial charge is 0.406 e. The van der Waals surface area contributed by atoms with E-state index < -0.39 is 12.1 Å². The molecule has 0 N–H and O–H groups in total. The molecule has 1 aromatic carbocycles. The van der Waals surface area contributed by atoms with Gasteiger partial charge in [0.05, 0.1) is 7.06 Å². The van der Waals surface area contributed by atoms with E-state index in [1.807, 2.05) is 0 Å². The molecule has 1 heterocycles. The van der Waals surface area contributed by atoms with Crippen molar-refractivity contribution in [3.05, 3.63) is 41.0 Å². The zero-order valence-electron chi connectivity index (χ0n) is 10.6. The van der Waals surface area contributed by atoms with E-state index in [0.717, 1.165) is 12.1 Å². The Kier molecular flexibility index (Phi) is 3.25. The van der Waals surface area contributed by atoms with Crippen LogP contribution in [0.3, 0.4) is 0 Å². The largest absolute Gasteiger partial charge is 0.573 e. The Hall–Kier alpha value is -1.82. The van der Waals surface area contributed by atoms with Gasteiger partial charge < -0.3 is 4.74 Å². The van der Waals surface area contributed by atoms with Crippen molar-refractivity contribution in [2.24, 2.45) is 0 Å². The van der Waals surface area contributed by atoms with Crippen LogP contribution in [0.15, 0.2) is 30.3 Å². The molecule has 0 saturated carbocycles. The molecule has 1 aromatic heterocycles. The molecule has 0 fully saturated rings. The Morgan fingerprint density at radius 3 is 2.58 bits per heavy atom. The molecule has 3 nitrogen and oxygen atoms in total. The van der Waals surface area contributed by atoms with E-state index >= 15 is 0 Å². The fourth-order valence-corrected chi connectivity index (χ4v) is 1.46. The summed E-state index contributed by atoms with van der Waals surface area (Å²) in [6.07, 6.45) is -4.79. The second-order valence-corrected chi connectivity index (χ2v) is 4.05. The van der Waals surface area contributed by atoms with Gasteiger partial charge in [-0.25, -0.2) is 0 Å². The highest BCUT2D eigenvalue weighted by molar-refractivity contribution is 6.30. The topological polar surface area (TPSA) is 35.0 Å². The molecule has 0 unspecified atom stereocenters. The fourth-order valence-electron chi connectivity index (χ4n) is 1.37. The van der Waals surface area contributed by atoms with Crippen LogP contribution < -0.4 is 4.74 Å². The maximum absolute atomic E-state index is 12.1. The molecule has 2 aromatic rings. The highest BCUT2D eigenvalue weighted by Gasteiger charge is 2.30. The van der Waals surface area contributed by atoms with E-state index in [2.05, 4.69) is 14.9 Å². The zero-order chi connectivity index (χ0) is 14.9. The predicted octanol–water partition coefficient (Wildman–Crippen LogP) is 4.00. The van der Waals surface area contributed by atoms with Crippen molar-refractivity contribution in [3.8, 4) is 17.0 Å². The number of alkyl halides is 3. The van der Waals surface area contributed by atoms with Crippen molar-refractivity contribution < 1.29 is 19.3 Å². The summed E-state index contributed by atoms with van der Waals surface area (Å²) >= 11 is 5.74. The first-order valence-corrected chi connectivity index (χ1v) is 5.50. The number of benzene rings is 1. The van der Waals surface area contributed by atoms with E-state index in [0.29, 0.717) is 16.8 Å². The highest BCUT2D eigenvalue weighted by Crippen LogP contribution is 2.26. The van der Waals surface area contributed by atoms with Crippen molar-refractivity contribution in [2.45, 2.75) is 13.3 Å². The number of hydrogen-bond acceptors (Lipinski definition) is 3. The van der Waals surface area contributed by atoms with Gasteiger partial charge >= 0.3 is 6.36 Å². The average Bonchev–Trinajstić information content (AvgIpc) is 2.31. The summed E-state index contributed by atoms with van der Waals surface area (Å²) in [5, 5.41) is 7.74. The number of aryl methyl sites for hydroxylation is 1. The summed E-state index contributed by atoms with van der Waals surface area (Å²) in [5.74, 6) is -0.454. The minimum Gasteiger partial charge on any atom is -0.406 e. The summed E-state index contributed by atoms with van der Waals surface area (Å²) in [7, 11) is 0. The summed E-state index contributed by atoms with van der Waals surface area (Å²) in [5.41, 5.74) is 1.36. The Morgan fingerprint density at radius 2 is 2.00 bits per heavy atom. The number of ether oxygens (including phenoxy) is 1. The molecule has 0 aliphatic rings. The summed E-state index contributed by atoms with van der Waals surface area (Å²) < 4.78 is 47.7. The minimum atomic E-state index is -4.79. The van der Waals surface area contributed by atoms with Crippen LogP contribution in [0.5, 0.6) is 5.75 Å². The minimum absolute atomic E-state index is 0.150. The van der Waals surface area contributed by atoms with E-state index in [9.17, 15) is 13.2 Å². The maximum atomic E-state index is 12.1. The lowest BCUT2D eigenvalue weighted by Crippen LogP contribution is -2.16. The lowest BCUT2D eigenvalue weighted by molar-refractivity contribution is -0.274. The first kappa shape index (κ1) is 12.2. The van der Waals surface area contributed by atoms with Gasteiger partial charge in [0.15, 0.2) is 5.15 Å². The van der Waals surface area contributed by atoms with E-state index in [4.69, 9.17) is 13.0 Å². The molecule has 0 radical (unpaired) electrons. The van der Waals surface area contributed by atoms with Crippen LogP contribution in [-0.4, -0.2) is 16.6 Å². The maximum Gasteiger partial charge on any atom is 0.573 e. The van der Waals surface area contributed by atoms with Crippen LogP contribution in [0.25, 0.3) is 11.3 Å². The third kappa shape index (κ3) is 3.57. The predicted molar refractivity (Wildman–Crippen MR) is 63.9 cm³/mol. The van der Waals surface area contributed by atoms with Crippen molar-refractivity contribution in [3.63, 3.8) is 0 Å². The number of nitrogens with zero attached hydrogens (tertiary/aromatic N) is 2. The van der Waals surface area contributed by atoms with E-state index in [1.54, 1.807) is 13.0 Å². The zero-order valence-corrected chi connectivity index (χ0v) is 10.4. The highest BCUT2D eigenvalue weighted by atomic mass is 35.5. The molecular formula is C12H8ClF3N2O. The summed E-state index contributed by atoms with van der Waals surface area (Å²) in [6, 6.07) is 4.86. The molecule has 7 heteroatoms. The number of aromatic nitrogens is 2. The molecule has 0 bridgehead atoms. The first-order chi connectivity index (χ1) is 9.26. The standard InChI is InChI=1S/C12H8ClF3N2O/c1-7-6-10(17-18-11(7)13)8-2-4-9(5-3-8)19-12(14,15)16/h2-6H,1H3/i2D. The Labute approximate surface area is 113 Å². The molecule has 0 aliphatic carbocycles. The fraction of sp³-hybridized carbons (Fsp3) is 0.167. The third-order valence-corrected chi connectivity index (χ3v) is 2.59. The monoisotopic (exact) mass is 289 g/mol. The van der Waals surface area contributed by atoms with Gasteiger partial charge in [0, 0.05) is 5.56 Å². The molecule has 0 amide bonds. The molecule has 0 aliphatic heterocycles. The first-order valence-electron chi connectivity index (χ1n) is 5.63. The molecule has 0 atom stereocenters. The van der Waals surface area contributed by atoms with Crippen LogP contribution in [0.4, 0.5) is 13.2 Å². The van der Waals surface area contributed by atoms with Crippen LogP contribution >= 0.6 is 11.6 Å². The second-order valence-electron chi connectivity index (χ2n) is 3.69. The van der Waals surface area contributed by atoms with Crippen molar-refractivity contribution in [1.29, 1.82) is 0 Å². The van der Waals surface area contributed by atoms with Crippen LogP contribution in [-0.2, 0) is 0 Å². The van der Waals surface area contributed by atoms with Crippen LogP contribution in [0.2, 0.25) is 5.15 Å². The molecule has 19 heavy (non-hydrogen) atoms. The van der Waals surface area contributed by atoms with Gasteiger partial charge in [0.1, 0.15) is 5.75 Å². The van der Waals surface area contributed by atoms with Gasteiger partial charge in [-0.2, -0.15) is 0 Å². The second kappa shape index (κ2) is 5.05. The molecule has 100 valence electrons. The van der Waals surface area contributed by atoms with Gasteiger partial charge in [0.25, 0.3) is 0 Å². The Balaban J connectivity index is 2.36. The van der Waals surface area contributed by atoms with Gasteiger partial charge in [-0.15, -0.1) is 23.4 Å². The number of rotatable bonds is 2. The molecular weight excluding hydrogens is 281 g/mol. The van der Waals surface area contributed by atoms with Crippen molar-refractivity contribution in [1.82, 2.24) is 10.2 Å². The molecule has 0 saturated heterocycles. The van der Waals surface area contributed by atoms with E-state index in [-0.39, 0.29) is 11.2 Å². The van der Waals surface area contributed by atoms with Gasteiger partial charge in [0.2, 0.25) is 0 Å². The summed E-state index contributed by atoms with van der Waals surface area (Å²) in [6.45, 7) is 1.71. The van der Waals surface area contributed by atoms with Gasteiger partial charge in [-0.1, -0.05) is 11.6 Å². The lowest BCUT2D eigenvalue weighted by Gasteiger charge is -2.09. The SMILES string of the molecule is [2H]c1cc(OC(F)(F)F)ccc1-c1cc(C)c(Cl)nn1. The van der Waals surface area contributed by atoms with Crippen molar-refractivity contribution in [2.75, 3.05) is 0 Å². The van der Waals surface area contributed by atoms with Crippen LogP contribution in [0, 0.1) is 6.92 Å². The van der Waals surface area contributed by atoms with E-state index in [1.165, 1.54) is 6.07 Å². The molecule has 2 rings (SSSR count). The van der Waals surface area contributed by atoms with Crippen molar-refractivity contribution >= 4 is 11.6 Å². The average molecular weight is 290 g/mol. The lowest BCUT2D eigenvalue weighted by atomic mass is 10.1. The quantitative estimate of drug-likeness (QED) is 0.838. The molecule has 0 spiro atoms. The normalized spacial score (nSPS) is 12.2. The van der Waals surface area contributed by atoms with Gasteiger partial charge in [-0.3, -0.25) is 0 Å². The summed E-state index contributed by atoms with van der Waals surface area (Å²) in [4.78, 5) is 0. The number of hydrogen-bond donors (Lipinski definition) is 0. The Morgan fingerprint density at radius 1 is 1.26 bits per heavy atom.